The Labute approximate surface area is 129 Å². The van der Waals surface area contributed by atoms with Gasteiger partial charge in [0, 0.05) is 23.6 Å². The summed E-state index contributed by atoms with van der Waals surface area (Å²) in [6.07, 6.45) is 0.144. The molecule has 1 amide bonds. The van der Waals surface area contributed by atoms with Gasteiger partial charge in [-0.2, -0.15) is 0 Å². The van der Waals surface area contributed by atoms with Gasteiger partial charge in [-0.15, -0.1) is 0 Å². The van der Waals surface area contributed by atoms with E-state index in [9.17, 15) is 9.59 Å². The molecular formula is C16H19NO5. The van der Waals surface area contributed by atoms with E-state index in [0.717, 1.165) is 5.56 Å². The zero-order valence-corrected chi connectivity index (χ0v) is 13.1. The standard InChI is InChI=1S/C16H19NO5/c1-9-15(16(19)22-4)12(8-14(18)17-9)11-7-10(20-2)5-6-13(11)21-3/h5-7,12H,8H2,1-4H3,(H,17,18)/t12-/m1/s1. The summed E-state index contributed by atoms with van der Waals surface area (Å²) in [7, 11) is 4.42. The Hall–Kier alpha value is -2.50. The molecule has 1 N–H and O–H groups in total. The minimum Gasteiger partial charge on any atom is -0.497 e. The number of hydrogen-bond acceptors (Lipinski definition) is 5. The average Bonchev–Trinajstić information content (AvgIpc) is 2.52. The van der Waals surface area contributed by atoms with Crippen LogP contribution in [0.3, 0.4) is 0 Å². The Morgan fingerprint density at radius 1 is 1.23 bits per heavy atom. The molecule has 1 atom stereocenters. The van der Waals surface area contributed by atoms with E-state index in [1.807, 2.05) is 0 Å². The molecule has 0 saturated carbocycles. The van der Waals surface area contributed by atoms with Crippen LogP contribution in [0.4, 0.5) is 0 Å². The van der Waals surface area contributed by atoms with Crippen LogP contribution in [-0.2, 0) is 14.3 Å². The minimum atomic E-state index is -0.465. The fourth-order valence-corrected chi connectivity index (χ4v) is 2.66. The predicted octanol–water partition coefficient (Wildman–Crippen LogP) is 1.75. The number of carbonyl (C=O) groups is 2. The lowest BCUT2D eigenvalue weighted by Crippen LogP contribution is -2.34. The molecule has 0 spiro atoms. The number of allylic oxidation sites excluding steroid dienone is 1. The van der Waals surface area contributed by atoms with Crippen LogP contribution >= 0.6 is 0 Å². The molecule has 0 aliphatic carbocycles. The van der Waals surface area contributed by atoms with Crippen LogP contribution in [-0.4, -0.2) is 33.2 Å². The molecule has 0 fully saturated rings. The van der Waals surface area contributed by atoms with Gasteiger partial charge in [0.25, 0.3) is 0 Å². The highest BCUT2D eigenvalue weighted by Gasteiger charge is 2.34. The zero-order chi connectivity index (χ0) is 16.3. The van der Waals surface area contributed by atoms with Gasteiger partial charge in [-0.25, -0.2) is 4.79 Å². The molecule has 1 aliphatic rings. The van der Waals surface area contributed by atoms with Gasteiger partial charge in [0.1, 0.15) is 11.5 Å². The highest BCUT2D eigenvalue weighted by Crippen LogP contribution is 2.39. The van der Waals surface area contributed by atoms with E-state index in [1.165, 1.54) is 7.11 Å². The molecular weight excluding hydrogens is 286 g/mol. The van der Waals surface area contributed by atoms with Gasteiger partial charge >= 0.3 is 5.97 Å². The summed E-state index contributed by atoms with van der Waals surface area (Å²) in [6.45, 7) is 1.68. The summed E-state index contributed by atoms with van der Waals surface area (Å²) in [5.41, 5.74) is 1.64. The van der Waals surface area contributed by atoms with Gasteiger partial charge in [0.2, 0.25) is 5.91 Å². The first-order valence-corrected chi connectivity index (χ1v) is 6.82. The molecule has 0 radical (unpaired) electrons. The number of nitrogens with one attached hydrogen (secondary N) is 1. The second-order valence-electron chi connectivity index (χ2n) is 4.94. The van der Waals surface area contributed by atoms with Crippen molar-refractivity contribution in [2.45, 2.75) is 19.3 Å². The number of benzene rings is 1. The van der Waals surface area contributed by atoms with Gasteiger partial charge in [-0.1, -0.05) is 0 Å². The van der Waals surface area contributed by atoms with E-state index >= 15 is 0 Å². The fraction of sp³-hybridized carbons (Fsp3) is 0.375. The molecule has 0 aromatic heterocycles. The average molecular weight is 305 g/mol. The van der Waals surface area contributed by atoms with Crippen molar-refractivity contribution in [2.75, 3.05) is 21.3 Å². The maximum atomic E-state index is 12.1. The second kappa shape index (κ2) is 6.51. The van der Waals surface area contributed by atoms with Gasteiger partial charge in [-0.05, 0) is 25.1 Å². The van der Waals surface area contributed by atoms with E-state index in [1.54, 1.807) is 39.3 Å². The van der Waals surface area contributed by atoms with Crippen molar-refractivity contribution in [3.63, 3.8) is 0 Å². The summed E-state index contributed by atoms with van der Waals surface area (Å²) in [6, 6.07) is 5.29. The molecule has 0 saturated heterocycles. The SMILES string of the molecule is COC(=O)C1=C(C)NC(=O)C[C@@H]1c1cc(OC)ccc1OC. The monoisotopic (exact) mass is 305 g/mol. The molecule has 1 aliphatic heterocycles. The Bertz CT molecular complexity index is 635. The second-order valence-corrected chi connectivity index (χ2v) is 4.94. The third-order valence-electron chi connectivity index (χ3n) is 3.69. The summed E-state index contributed by atoms with van der Waals surface area (Å²) in [4.78, 5) is 24.0. The Balaban J connectivity index is 2.59. The number of ether oxygens (including phenoxy) is 3. The number of esters is 1. The first kappa shape index (κ1) is 15.9. The molecule has 1 aromatic rings. The van der Waals surface area contributed by atoms with Gasteiger partial charge in [-0.3, -0.25) is 4.79 Å². The Morgan fingerprint density at radius 2 is 1.95 bits per heavy atom. The maximum Gasteiger partial charge on any atom is 0.336 e. The molecule has 6 heteroatoms. The summed E-state index contributed by atoms with van der Waals surface area (Å²) < 4.78 is 15.5. The predicted molar refractivity (Wildman–Crippen MR) is 79.8 cm³/mol. The molecule has 22 heavy (non-hydrogen) atoms. The van der Waals surface area contributed by atoms with Crippen LogP contribution in [0.25, 0.3) is 0 Å². The first-order chi connectivity index (χ1) is 10.5. The van der Waals surface area contributed by atoms with Crippen molar-refractivity contribution in [3.8, 4) is 11.5 Å². The van der Waals surface area contributed by atoms with Gasteiger partial charge < -0.3 is 19.5 Å². The fourth-order valence-electron chi connectivity index (χ4n) is 2.66. The molecule has 0 unspecified atom stereocenters. The number of hydrogen-bond donors (Lipinski definition) is 1. The summed E-state index contributed by atoms with van der Waals surface area (Å²) in [5, 5.41) is 2.68. The van der Waals surface area contributed by atoms with Crippen molar-refractivity contribution in [1.82, 2.24) is 5.32 Å². The van der Waals surface area contributed by atoms with Crippen LogP contribution < -0.4 is 14.8 Å². The van der Waals surface area contributed by atoms with Crippen LogP contribution in [0, 0.1) is 0 Å². The van der Waals surface area contributed by atoms with E-state index < -0.39 is 11.9 Å². The van der Waals surface area contributed by atoms with Crippen molar-refractivity contribution >= 4 is 11.9 Å². The van der Waals surface area contributed by atoms with Crippen molar-refractivity contribution < 1.29 is 23.8 Å². The first-order valence-electron chi connectivity index (χ1n) is 6.82. The Kier molecular flexibility index (Phi) is 4.70. The van der Waals surface area contributed by atoms with E-state index in [2.05, 4.69) is 5.32 Å². The maximum absolute atomic E-state index is 12.1. The lowest BCUT2D eigenvalue weighted by Gasteiger charge is -2.27. The lowest BCUT2D eigenvalue weighted by atomic mass is 9.84. The Morgan fingerprint density at radius 3 is 2.55 bits per heavy atom. The number of rotatable bonds is 4. The molecule has 1 heterocycles. The summed E-state index contributed by atoms with van der Waals surface area (Å²) in [5.74, 6) is 0.164. The third kappa shape index (κ3) is 2.90. The third-order valence-corrected chi connectivity index (χ3v) is 3.69. The van der Waals surface area contributed by atoms with E-state index in [-0.39, 0.29) is 12.3 Å². The van der Waals surface area contributed by atoms with Crippen LogP contribution in [0.2, 0.25) is 0 Å². The number of amides is 1. The summed E-state index contributed by atoms with van der Waals surface area (Å²) >= 11 is 0. The number of methoxy groups -OCH3 is 3. The smallest absolute Gasteiger partial charge is 0.336 e. The largest absolute Gasteiger partial charge is 0.497 e. The topological polar surface area (TPSA) is 73.9 Å². The highest BCUT2D eigenvalue weighted by atomic mass is 16.5. The molecule has 118 valence electrons. The minimum absolute atomic E-state index is 0.144. The van der Waals surface area contributed by atoms with Crippen molar-refractivity contribution in [3.05, 3.63) is 35.0 Å². The van der Waals surface area contributed by atoms with Crippen LogP contribution in [0.1, 0.15) is 24.8 Å². The zero-order valence-electron chi connectivity index (χ0n) is 13.1. The molecule has 0 bridgehead atoms. The van der Waals surface area contributed by atoms with E-state index in [0.29, 0.717) is 22.8 Å². The van der Waals surface area contributed by atoms with Crippen LogP contribution in [0.5, 0.6) is 11.5 Å². The highest BCUT2D eigenvalue weighted by molar-refractivity contribution is 5.96. The lowest BCUT2D eigenvalue weighted by molar-refractivity contribution is -0.136. The number of carbonyl (C=O) groups excluding carboxylic acids is 2. The van der Waals surface area contributed by atoms with Crippen molar-refractivity contribution in [2.24, 2.45) is 0 Å². The quantitative estimate of drug-likeness (QED) is 0.858. The van der Waals surface area contributed by atoms with Gasteiger partial charge in [0.05, 0.1) is 26.9 Å². The van der Waals surface area contributed by atoms with Crippen LogP contribution in [0.15, 0.2) is 29.5 Å². The van der Waals surface area contributed by atoms with Crippen molar-refractivity contribution in [1.29, 1.82) is 0 Å². The molecule has 6 nitrogen and oxygen atoms in total. The van der Waals surface area contributed by atoms with Gasteiger partial charge in [0.15, 0.2) is 0 Å². The normalized spacial score (nSPS) is 17.8. The molecule has 2 rings (SSSR count). The van der Waals surface area contributed by atoms with E-state index in [4.69, 9.17) is 14.2 Å². The molecule has 1 aromatic carbocycles.